The Hall–Kier alpha value is -1.52. The van der Waals surface area contributed by atoms with Crippen LogP contribution in [-0.4, -0.2) is 21.7 Å². The lowest BCUT2D eigenvalue weighted by Gasteiger charge is -2.15. The number of hydrogen-bond acceptors (Lipinski definition) is 3. The van der Waals surface area contributed by atoms with Gasteiger partial charge in [0.15, 0.2) is 0 Å². The fraction of sp³-hybridized carbons (Fsp3) is 0.636. The van der Waals surface area contributed by atoms with Crippen molar-refractivity contribution in [3.05, 3.63) is 5.69 Å². The van der Waals surface area contributed by atoms with Gasteiger partial charge in [-0.1, -0.05) is 13.3 Å². The molecule has 2 rings (SSSR count). The summed E-state index contributed by atoms with van der Waals surface area (Å²) >= 11 is 0. The molecule has 1 atom stereocenters. The fourth-order valence-corrected chi connectivity index (χ4v) is 2.15. The van der Waals surface area contributed by atoms with E-state index in [1.54, 1.807) is 4.68 Å². The van der Waals surface area contributed by atoms with Crippen LogP contribution in [0.5, 0.6) is 0 Å². The summed E-state index contributed by atoms with van der Waals surface area (Å²) in [5, 5.41) is 10.6. The quantitative estimate of drug-likeness (QED) is 0.800. The van der Waals surface area contributed by atoms with E-state index in [0.29, 0.717) is 6.42 Å². The van der Waals surface area contributed by atoms with E-state index >= 15 is 0 Å². The van der Waals surface area contributed by atoms with Crippen molar-refractivity contribution >= 4 is 17.4 Å². The number of nitrogens with zero attached hydrogens (tertiary/aromatic N) is 2. The van der Waals surface area contributed by atoms with Crippen molar-refractivity contribution in [2.45, 2.75) is 39.2 Å². The SMILES string of the molecule is CCCC1CC(=O)Nc2c(C)nn(C)c2N1. The highest BCUT2D eigenvalue weighted by atomic mass is 16.1. The minimum Gasteiger partial charge on any atom is -0.365 e. The summed E-state index contributed by atoms with van der Waals surface area (Å²) in [6.07, 6.45) is 2.59. The summed E-state index contributed by atoms with van der Waals surface area (Å²) in [4.78, 5) is 11.7. The van der Waals surface area contributed by atoms with Crippen molar-refractivity contribution in [1.82, 2.24) is 9.78 Å². The van der Waals surface area contributed by atoms with Crippen molar-refractivity contribution in [1.29, 1.82) is 0 Å². The molecule has 0 saturated heterocycles. The average molecular weight is 222 g/mol. The molecule has 0 saturated carbocycles. The predicted octanol–water partition coefficient (Wildman–Crippen LogP) is 1.65. The van der Waals surface area contributed by atoms with Gasteiger partial charge in [0.25, 0.3) is 0 Å². The first-order valence-electron chi connectivity index (χ1n) is 5.71. The molecule has 1 aromatic rings. The Bertz CT molecular complexity index is 410. The van der Waals surface area contributed by atoms with Crippen LogP contribution in [0.1, 0.15) is 31.9 Å². The highest BCUT2D eigenvalue weighted by Gasteiger charge is 2.24. The standard InChI is InChI=1S/C11H18N4O/c1-4-5-8-6-9(16)13-10-7(2)14-15(3)11(10)12-8/h8,12H,4-6H2,1-3H3,(H,13,16). The third-order valence-corrected chi connectivity index (χ3v) is 2.90. The first-order valence-corrected chi connectivity index (χ1v) is 5.71. The van der Waals surface area contributed by atoms with Crippen LogP contribution in [-0.2, 0) is 11.8 Å². The molecule has 0 spiro atoms. The number of rotatable bonds is 2. The zero-order valence-corrected chi connectivity index (χ0v) is 10.0. The van der Waals surface area contributed by atoms with Gasteiger partial charge in [-0.05, 0) is 13.3 Å². The van der Waals surface area contributed by atoms with Gasteiger partial charge in [-0.2, -0.15) is 5.10 Å². The van der Waals surface area contributed by atoms with Gasteiger partial charge in [-0.25, -0.2) is 0 Å². The van der Waals surface area contributed by atoms with E-state index < -0.39 is 0 Å². The van der Waals surface area contributed by atoms with Crippen LogP contribution >= 0.6 is 0 Å². The van der Waals surface area contributed by atoms with Gasteiger partial charge >= 0.3 is 0 Å². The van der Waals surface area contributed by atoms with E-state index in [0.717, 1.165) is 30.0 Å². The molecule has 0 radical (unpaired) electrons. The van der Waals surface area contributed by atoms with Crippen molar-refractivity contribution in [2.24, 2.45) is 7.05 Å². The van der Waals surface area contributed by atoms with Gasteiger partial charge in [0.05, 0.1) is 5.69 Å². The van der Waals surface area contributed by atoms with E-state index in [-0.39, 0.29) is 11.9 Å². The van der Waals surface area contributed by atoms with Crippen LogP contribution in [0.2, 0.25) is 0 Å². The summed E-state index contributed by atoms with van der Waals surface area (Å²) in [5.41, 5.74) is 1.68. The Morgan fingerprint density at radius 3 is 3.00 bits per heavy atom. The van der Waals surface area contributed by atoms with Gasteiger partial charge < -0.3 is 10.6 Å². The second kappa shape index (κ2) is 4.15. The van der Waals surface area contributed by atoms with Crippen molar-refractivity contribution < 1.29 is 4.79 Å². The number of aryl methyl sites for hydroxylation is 2. The van der Waals surface area contributed by atoms with Gasteiger partial charge in [-0.15, -0.1) is 0 Å². The number of hydrogen-bond donors (Lipinski definition) is 2. The third kappa shape index (κ3) is 1.89. The number of amides is 1. The van der Waals surface area contributed by atoms with Crippen LogP contribution in [0.15, 0.2) is 0 Å². The molecule has 5 nitrogen and oxygen atoms in total. The van der Waals surface area contributed by atoms with Crippen molar-refractivity contribution in [2.75, 3.05) is 10.6 Å². The Kier molecular flexibility index (Phi) is 2.85. The van der Waals surface area contributed by atoms with E-state index in [4.69, 9.17) is 0 Å². The monoisotopic (exact) mass is 222 g/mol. The first-order chi connectivity index (χ1) is 7.61. The van der Waals surface area contributed by atoms with E-state index in [1.165, 1.54) is 0 Å². The van der Waals surface area contributed by atoms with E-state index in [2.05, 4.69) is 22.7 Å². The number of aromatic nitrogens is 2. The number of nitrogens with one attached hydrogen (secondary N) is 2. The molecule has 1 aromatic heterocycles. The number of carbonyl (C=O) groups is 1. The zero-order chi connectivity index (χ0) is 11.7. The zero-order valence-electron chi connectivity index (χ0n) is 10.0. The maximum atomic E-state index is 11.7. The van der Waals surface area contributed by atoms with E-state index in [1.807, 2.05) is 14.0 Å². The summed E-state index contributed by atoms with van der Waals surface area (Å²) < 4.78 is 1.79. The van der Waals surface area contributed by atoms with Gasteiger partial charge in [0.2, 0.25) is 5.91 Å². The smallest absolute Gasteiger partial charge is 0.226 e. The Balaban J connectivity index is 2.33. The molecule has 0 fully saturated rings. The molecule has 2 N–H and O–H groups in total. The van der Waals surface area contributed by atoms with E-state index in [9.17, 15) is 4.79 Å². The van der Waals surface area contributed by atoms with Gasteiger partial charge in [0, 0.05) is 19.5 Å². The minimum atomic E-state index is 0.0702. The Morgan fingerprint density at radius 2 is 2.31 bits per heavy atom. The maximum absolute atomic E-state index is 11.7. The fourth-order valence-electron chi connectivity index (χ4n) is 2.15. The highest BCUT2D eigenvalue weighted by molar-refractivity contribution is 5.96. The first kappa shape index (κ1) is 11.0. The molecule has 2 heterocycles. The van der Waals surface area contributed by atoms with Crippen LogP contribution in [0.3, 0.4) is 0 Å². The Labute approximate surface area is 95.2 Å². The minimum absolute atomic E-state index is 0.0702. The molecule has 0 aromatic carbocycles. The van der Waals surface area contributed by atoms with Crippen LogP contribution < -0.4 is 10.6 Å². The van der Waals surface area contributed by atoms with Crippen molar-refractivity contribution in [3.63, 3.8) is 0 Å². The van der Waals surface area contributed by atoms with Crippen LogP contribution in [0.4, 0.5) is 11.5 Å². The van der Waals surface area contributed by atoms with Crippen LogP contribution in [0.25, 0.3) is 0 Å². The normalized spacial score (nSPS) is 19.7. The molecule has 1 aliphatic rings. The summed E-state index contributed by atoms with van der Waals surface area (Å²) in [5.74, 6) is 0.989. The second-order valence-corrected chi connectivity index (χ2v) is 4.31. The molecule has 1 aliphatic heterocycles. The van der Waals surface area contributed by atoms with Gasteiger partial charge in [0.1, 0.15) is 11.5 Å². The molecule has 0 bridgehead atoms. The van der Waals surface area contributed by atoms with Gasteiger partial charge in [-0.3, -0.25) is 9.48 Å². The highest BCUT2D eigenvalue weighted by Crippen LogP contribution is 2.29. The van der Waals surface area contributed by atoms with Crippen molar-refractivity contribution in [3.8, 4) is 0 Å². The molecular weight excluding hydrogens is 204 g/mol. The summed E-state index contributed by atoms with van der Waals surface area (Å²) in [6.45, 7) is 4.03. The number of fused-ring (bicyclic) bond motifs is 1. The average Bonchev–Trinajstić information content (AvgIpc) is 2.40. The lowest BCUT2D eigenvalue weighted by molar-refractivity contribution is -0.116. The number of carbonyl (C=O) groups excluding carboxylic acids is 1. The molecule has 0 aliphatic carbocycles. The molecule has 5 heteroatoms. The maximum Gasteiger partial charge on any atom is 0.226 e. The summed E-state index contributed by atoms with van der Waals surface area (Å²) in [7, 11) is 1.89. The second-order valence-electron chi connectivity index (χ2n) is 4.31. The molecule has 16 heavy (non-hydrogen) atoms. The lowest BCUT2D eigenvalue weighted by Crippen LogP contribution is -2.23. The lowest BCUT2D eigenvalue weighted by atomic mass is 10.1. The summed E-state index contributed by atoms with van der Waals surface area (Å²) in [6, 6.07) is 0.209. The number of anilines is 2. The molecule has 1 amide bonds. The Morgan fingerprint density at radius 1 is 1.56 bits per heavy atom. The van der Waals surface area contributed by atoms with Crippen LogP contribution in [0, 0.1) is 6.92 Å². The third-order valence-electron chi connectivity index (χ3n) is 2.90. The molecular formula is C11H18N4O. The topological polar surface area (TPSA) is 59.0 Å². The molecule has 1 unspecified atom stereocenters. The largest absolute Gasteiger partial charge is 0.365 e. The predicted molar refractivity (Wildman–Crippen MR) is 63.5 cm³/mol. The molecule has 88 valence electrons.